The van der Waals surface area contributed by atoms with Crippen molar-refractivity contribution in [2.75, 3.05) is 11.9 Å². The van der Waals surface area contributed by atoms with Gasteiger partial charge in [0.05, 0.1) is 5.69 Å². The highest BCUT2D eigenvalue weighted by atomic mass is 35.5. The molecular weight excluding hydrogens is 229 g/mol. The van der Waals surface area contributed by atoms with E-state index in [9.17, 15) is 4.39 Å². The Morgan fingerprint density at radius 2 is 2.25 bits per heavy atom. The molecule has 1 aromatic heterocycles. The Morgan fingerprint density at radius 1 is 1.44 bits per heavy atom. The summed E-state index contributed by atoms with van der Waals surface area (Å²) >= 11 is 5.80. The summed E-state index contributed by atoms with van der Waals surface area (Å²) in [5.74, 6) is 0.308. The minimum absolute atomic E-state index is 0.362. The summed E-state index contributed by atoms with van der Waals surface area (Å²) in [6, 6.07) is 4.37. The second-order valence-electron chi connectivity index (χ2n) is 3.28. The molecule has 0 aliphatic rings. The fourth-order valence-corrected chi connectivity index (χ4v) is 1.70. The molecule has 1 aromatic carbocycles. The number of rotatable bonds is 3. The van der Waals surface area contributed by atoms with Gasteiger partial charge in [-0.2, -0.15) is 0 Å². The molecule has 0 aliphatic carbocycles. The molecule has 2 rings (SSSR count). The second kappa shape index (κ2) is 4.53. The van der Waals surface area contributed by atoms with E-state index in [0.29, 0.717) is 16.7 Å². The van der Waals surface area contributed by atoms with Crippen LogP contribution in [0.5, 0.6) is 0 Å². The third kappa shape index (κ3) is 2.17. The van der Waals surface area contributed by atoms with Crippen molar-refractivity contribution in [1.82, 2.24) is 9.55 Å². The van der Waals surface area contributed by atoms with Gasteiger partial charge in [-0.1, -0.05) is 11.6 Å². The molecule has 0 aliphatic heterocycles. The van der Waals surface area contributed by atoms with Crippen molar-refractivity contribution in [1.29, 1.82) is 0 Å². The molecule has 84 valence electrons. The van der Waals surface area contributed by atoms with Crippen molar-refractivity contribution in [2.24, 2.45) is 0 Å². The van der Waals surface area contributed by atoms with E-state index in [1.165, 1.54) is 12.1 Å². The van der Waals surface area contributed by atoms with Crippen LogP contribution in [-0.4, -0.2) is 16.1 Å². The molecule has 0 amide bonds. The average molecular weight is 240 g/mol. The first-order chi connectivity index (χ1) is 7.70. The fraction of sp³-hybridized carbons (Fsp3) is 0.182. The highest BCUT2D eigenvalue weighted by molar-refractivity contribution is 6.30. The Kier molecular flexibility index (Phi) is 3.10. The molecular formula is C11H11ClFN3. The number of nitrogens with one attached hydrogen (secondary N) is 1. The van der Waals surface area contributed by atoms with Gasteiger partial charge in [-0.05, 0) is 25.1 Å². The summed E-state index contributed by atoms with van der Waals surface area (Å²) in [5, 5.41) is 3.45. The summed E-state index contributed by atoms with van der Waals surface area (Å²) < 4.78 is 14.9. The number of hydrogen-bond donors (Lipinski definition) is 1. The van der Waals surface area contributed by atoms with Crippen molar-refractivity contribution < 1.29 is 4.39 Å². The first-order valence-electron chi connectivity index (χ1n) is 4.94. The van der Waals surface area contributed by atoms with Crippen LogP contribution in [0.25, 0.3) is 5.69 Å². The van der Waals surface area contributed by atoms with Crippen molar-refractivity contribution in [2.45, 2.75) is 6.92 Å². The molecule has 0 unspecified atom stereocenters. The molecule has 0 bridgehead atoms. The van der Waals surface area contributed by atoms with Gasteiger partial charge in [-0.3, -0.25) is 4.57 Å². The number of benzene rings is 1. The zero-order chi connectivity index (χ0) is 11.5. The predicted octanol–water partition coefficient (Wildman–Crippen LogP) is 3.10. The molecule has 0 saturated heterocycles. The molecule has 0 spiro atoms. The third-order valence-corrected chi connectivity index (χ3v) is 2.32. The van der Waals surface area contributed by atoms with E-state index in [0.717, 1.165) is 6.54 Å². The van der Waals surface area contributed by atoms with Gasteiger partial charge in [-0.25, -0.2) is 9.37 Å². The lowest BCUT2D eigenvalue weighted by Gasteiger charge is -2.08. The smallest absolute Gasteiger partial charge is 0.207 e. The van der Waals surface area contributed by atoms with Crippen LogP contribution in [-0.2, 0) is 0 Å². The second-order valence-corrected chi connectivity index (χ2v) is 3.72. The van der Waals surface area contributed by atoms with Crippen LogP contribution in [0.4, 0.5) is 10.3 Å². The molecule has 0 radical (unpaired) electrons. The van der Waals surface area contributed by atoms with Crippen molar-refractivity contribution in [3.63, 3.8) is 0 Å². The lowest BCUT2D eigenvalue weighted by molar-refractivity contribution is 0.626. The van der Waals surface area contributed by atoms with Crippen LogP contribution in [0.1, 0.15) is 6.92 Å². The summed E-state index contributed by atoms with van der Waals surface area (Å²) in [5.41, 5.74) is 0.651. The van der Waals surface area contributed by atoms with Crippen LogP contribution >= 0.6 is 11.6 Å². The number of aromatic nitrogens is 2. The Labute approximate surface area is 97.9 Å². The van der Waals surface area contributed by atoms with E-state index in [1.54, 1.807) is 23.0 Å². The highest BCUT2D eigenvalue weighted by Gasteiger charge is 2.06. The molecule has 1 heterocycles. The number of imidazole rings is 1. The fourth-order valence-electron chi connectivity index (χ4n) is 1.48. The summed E-state index contributed by atoms with van der Waals surface area (Å²) in [7, 11) is 0. The minimum Gasteiger partial charge on any atom is -0.356 e. The van der Waals surface area contributed by atoms with E-state index in [4.69, 9.17) is 11.6 Å². The molecule has 0 fully saturated rings. The van der Waals surface area contributed by atoms with Crippen LogP contribution in [0.3, 0.4) is 0 Å². The number of halogens is 2. The Balaban J connectivity index is 2.45. The Bertz CT molecular complexity index is 475. The lowest BCUT2D eigenvalue weighted by Crippen LogP contribution is -2.05. The van der Waals surface area contributed by atoms with E-state index < -0.39 is 0 Å². The van der Waals surface area contributed by atoms with Gasteiger partial charge in [-0.15, -0.1) is 0 Å². The zero-order valence-corrected chi connectivity index (χ0v) is 9.50. The van der Waals surface area contributed by atoms with Gasteiger partial charge in [0, 0.05) is 24.0 Å². The maximum atomic E-state index is 13.2. The standard InChI is InChI=1S/C11H11ClFN3/c1-2-14-11-15-3-4-16(11)10-6-8(12)5-9(13)7-10/h3-7H,2H2,1H3,(H,14,15). The van der Waals surface area contributed by atoms with Crippen LogP contribution < -0.4 is 5.32 Å². The minimum atomic E-state index is -0.362. The van der Waals surface area contributed by atoms with Crippen LogP contribution in [0, 0.1) is 5.82 Å². The monoisotopic (exact) mass is 239 g/mol. The third-order valence-electron chi connectivity index (χ3n) is 2.10. The maximum Gasteiger partial charge on any atom is 0.207 e. The molecule has 2 aromatic rings. The highest BCUT2D eigenvalue weighted by Crippen LogP contribution is 2.20. The quantitative estimate of drug-likeness (QED) is 0.892. The number of anilines is 1. The number of nitrogens with zero attached hydrogens (tertiary/aromatic N) is 2. The number of hydrogen-bond acceptors (Lipinski definition) is 2. The molecule has 0 atom stereocenters. The topological polar surface area (TPSA) is 29.9 Å². The SMILES string of the molecule is CCNc1nccn1-c1cc(F)cc(Cl)c1. The van der Waals surface area contributed by atoms with Crippen LogP contribution in [0.15, 0.2) is 30.6 Å². The molecule has 5 heteroatoms. The molecule has 3 nitrogen and oxygen atoms in total. The molecule has 0 saturated carbocycles. The molecule has 1 N–H and O–H groups in total. The normalized spacial score (nSPS) is 10.4. The van der Waals surface area contributed by atoms with E-state index >= 15 is 0 Å². The van der Waals surface area contributed by atoms with Gasteiger partial charge in [0.1, 0.15) is 5.82 Å². The summed E-state index contributed by atoms with van der Waals surface area (Å²) in [6.45, 7) is 2.72. The summed E-state index contributed by atoms with van der Waals surface area (Å²) in [4.78, 5) is 4.13. The average Bonchev–Trinajstić information content (AvgIpc) is 2.65. The van der Waals surface area contributed by atoms with E-state index in [1.807, 2.05) is 6.92 Å². The van der Waals surface area contributed by atoms with Gasteiger partial charge in [0.25, 0.3) is 0 Å². The molecule has 16 heavy (non-hydrogen) atoms. The van der Waals surface area contributed by atoms with E-state index in [2.05, 4.69) is 10.3 Å². The lowest BCUT2D eigenvalue weighted by atomic mass is 10.3. The Morgan fingerprint density at radius 3 is 2.94 bits per heavy atom. The van der Waals surface area contributed by atoms with Crippen molar-refractivity contribution >= 4 is 17.5 Å². The summed E-state index contributed by atoms with van der Waals surface area (Å²) in [6.07, 6.45) is 3.40. The predicted molar refractivity (Wildman–Crippen MR) is 62.7 cm³/mol. The first kappa shape index (κ1) is 11.0. The maximum absolute atomic E-state index is 13.2. The van der Waals surface area contributed by atoms with Crippen LogP contribution in [0.2, 0.25) is 5.02 Å². The van der Waals surface area contributed by atoms with Crippen molar-refractivity contribution in [3.05, 3.63) is 41.4 Å². The zero-order valence-electron chi connectivity index (χ0n) is 8.74. The first-order valence-corrected chi connectivity index (χ1v) is 5.32. The van der Waals surface area contributed by atoms with Crippen molar-refractivity contribution in [3.8, 4) is 5.69 Å². The van der Waals surface area contributed by atoms with Gasteiger partial charge >= 0.3 is 0 Å². The van der Waals surface area contributed by atoms with Gasteiger partial charge in [0.2, 0.25) is 5.95 Å². The largest absolute Gasteiger partial charge is 0.356 e. The van der Waals surface area contributed by atoms with E-state index in [-0.39, 0.29) is 5.82 Å². The van der Waals surface area contributed by atoms with Gasteiger partial charge in [0.15, 0.2) is 0 Å². The Hall–Kier alpha value is -1.55. The van der Waals surface area contributed by atoms with Gasteiger partial charge < -0.3 is 5.32 Å².